The van der Waals surface area contributed by atoms with E-state index in [4.69, 9.17) is 36.0 Å². The fourth-order valence-electron chi connectivity index (χ4n) is 2.55. The number of carbonyl (C=O) groups is 2. The minimum atomic E-state index is -1.29. The molecule has 12 heteroatoms. The van der Waals surface area contributed by atoms with Crippen molar-refractivity contribution in [2.75, 3.05) is 6.61 Å². The minimum Gasteiger partial charge on any atom is -0.481 e. The maximum Gasteiger partial charge on any atom is 0.510 e. The van der Waals surface area contributed by atoms with Crippen LogP contribution < -0.4 is 5.43 Å². The van der Waals surface area contributed by atoms with Crippen LogP contribution in [-0.4, -0.2) is 46.5 Å². The Morgan fingerprint density at radius 3 is 2.49 bits per heavy atom. The van der Waals surface area contributed by atoms with Gasteiger partial charge in [0.2, 0.25) is 5.89 Å². The first-order valence-electron chi connectivity index (χ1n) is 10.5. The first-order valence-corrected chi connectivity index (χ1v) is 10.9. The van der Waals surface area contributed by atoms with Crippen LogP contribution in [-0.2, 0) is 14.3 Å². The normalized spacial score (nSPS) is 12.6. The summed E-state index contributed by atoms with van der Waals surface area (Å²) >= 11 is 5.95. The van der Waals surface area contributed by atoms with Crippen molar-refractivity contribution in [3.63, 3.8) is 0 Å². The third kappa shape index (κ3) is 7.28. The third-order valence-corrected chi connectivity index (χ3v) is 4.85. The van der Waals surface area contributed by atoms with Crippen molar-refractivity contribution in [2.45, 2.75) is 46.8 Å². The zero-order valence-electron chi connectivity index (χ0n) is 19.9. The van der Waals surface area contributed by atoms with Gasteiger partial charge in [-0.05, 0) is 45.0 Å². The topological polar surface area (TPSA) is 171 Å². The molecule has 0 spiro atoms. The van der Waals surface area contributed by atoms with Gasteiger partial charge in [-0.15, -0.1) is 0 Å². The van der Waals surface area contributed by atoms with Gasteiger partial charge in [0.15, 0.2) is 11.9 Å². The van der Waals surface area contributed by atoms with E-state index in [1.54, 1.807) is 30.3 Å². The van der Waals surface area contributed by atoms with Crippen LogP contribution in [0.3, 0.4) is 0 Å². The third-order valence-electron chi connectivity index (χ3n) is 4.60. The molecule has 0 aliphatic carbocycles. The monoisotopic (exact) mass is 503 g/mol. The zero-order valence-corrected chi connectivity index (χ0v) is 20.6. The SMILES string of the molecule is CC(N/N=C(\C(=N)C#N)c1nc(-c2ccc(Cl)cc2)oc1C(C)C)OC(=O)OCC(C)(C)C(=O)O. The predicted molar refractivity (Wildman–Crippen MR) is 127 cm³/mol. The molecule has 11 nitrogen and oxygen atoms in total. The molecular formula is C23H26ClN5O6. The van der Waals surface area contributed by atoms with Crippen LogP contribution in [0.25, 0.3) is 11.5 Å². The van der Waals surface area contributed by atoms with Crippen molar-refractivity contribution >= 4 is 35.1 Å². The Bertz CT molecular complexity index is 1160. The standard InChI is InChI=1S/C23H26ClN5O6/c1-12(2)19-18(27-20(35-19)14-6-8-15(24)9-7-14)17(16(26)10-25)29-28-13(3)34-22(32)33-11-23(4,5)21(30)31/h6-9,12-13,26,28H,11H2,1-5H3,(H,30,31)/b26-16?,29-17+. The number of nitrogens with zero attached hydrogens (tertiary/aromatic N) is 3. The van der Waals surface area contributed by atoms with Crippen LogP contribution in [0.5, 0.6) is 0 Å². The number of carboxylic acid groups (broad SMARTS) is 1. The number of rotatable bonds is 10. The second kappa shape index (κ2) is 11.5. The van der Waals surface area contributed by atoms with Gasteiger partial charge in [0, 0.05) is 16.5 Å². The number of hydrogen-bond donors (Lipinski definition) is 3. The summed E-state index contributed by atoms with van der Waals surface area (Å²) in [7, 11) is 0. The molecule has 0 saturated carbocycles. The number of nitrogens with one attached hydrogen (secondary N) is 2. The Hall–Kier alpha value is -3.91. The molecule has 0 aliphatic rings. The van der Waals surface area contributed by atoms with E-state index in [0.717, 1.165) is 0 Å². The van der Waals surface area contributed by atoms with Crippen molar-refractivity contribution in [1.29, 1.82) is 10.7 Å². The highest BCUT2D eigenvalue weighted by Crippen LogP contribution is 2.28. The van der Waals surface area contributed by atoms with E-state index in [1.807, 2.05) is 13.8 Å². The molecule has 1 aromatic carbocycles. The zero-order chi connectivity index (χ0) is 26.3. The molecule has 0 aliphatic heterocycles. The number of hydrazone groups is 1. The lowest BCUT2D eigenvalue weighted by atomic mass is 9.95. The second-order valence-electron chi connectivity index (χ2n) is 8.46. The number of hydrogen-bond acceptors (Lipinski definition) is 10. The van der Waals surface area contributed by atoms with Gasteiger partial charge < -0.3 is 19.0 Å². The molecule has 1 aromatic heterocycles. The van der Waals surface area contributed by atoms with E-state index in [-0.39, 0.29) is 23.2 Å². The lowest BCUT2D eigenvalue weighted by Gasteiger charge is -2.19. The summed E-state index contributed by atoms with van der Waals surface area (Å²) in [6, 6.07) is 8.53. The van der Waals surface area contributed by atoms with Crippen LogP contribution in [0.2, 0.25) is 5.02 Å². The molecule has 0 amide bonds. The predicted octanol–water partition coefficient (Wildman–Crippen LogP) is 4.57. The van der Waals surface area contributed by atoms with E-state index in [1.165, 1.54) is 20.8 Å². The molecule has 0 fully saturated rings. The molecule has 0 saturated heterocycles. The van der Waals surface area contributed by atoms with Crippen molar-refractivity contribution in [1.82, 2.24) is 10.4 Å². The molecule has 0 bridgehead atoms. The summed E-state index contributed by atoms with van der Waals surface area (Å²) < 4.78 is 15.8. The van der Waals surface area contributed by atoms with Gasteiger partial charge in [0.1, 0.15) is 29.8 Å². The highest BCUT2D eigenvalue weighted by molar-refractivity contribution is 6.52. The molecule has 186 valence electrons. The summed E-state index contributed by atoms with van der Waals surface area (Å²) in [6.07, 6.45) is -2.15. The Morgan fingerprint density at radius 2 is 1.94 bits per heavy atom. The van der Waals surface area contributed by atoms with Crippen molar-refractivity contribution in [3.8, 4) is 17.5 Å². The Balaban J connectivity index is 2.25. The molecule has 3 N–H and O–H groups in total. The van der Waals surface area contributed by atoms with E-state index < -0.39 is 36.1 Å². The first kappa shape index (κ1) is 27.3. The molecule has 1 atom stereocenters. The van der Waals surface area contributed by atoms with Crippen LogP contribution in [0.15, 0.2) is 33.8 Å². The average Bonchev–Trinajstić information content (AvgIpc) is 3.23. The summed E-state index contributed by atoms with van der Waals surface area (Å²) in [6.45, 7) is 7.56. The second-order valence-corrected chi connectivity index (χ2v) is 8.89. The fourth-order valence-corrected chi connectivity index (χ4v) is 2.68. The van der Waals surface area contributed by atoms with E-state index >= 15 is 0 Å². The lowest BCUT2D eigenvalue weighted by Crippen LogP contribution is -2.33. The highest BCUT2D eigenvalue weighted by Gasteiger charge is 2.30. The Kier molecular flexibility index (Phi) is 8.97. The minimum absolute atomic E-state index is 0.115. The Morgan fingerprint density at radius 1 is 1.31 bits per heavy atom. The van der Waals surface area contributed by atoms with Crippen molar-refractivity contribution in [2.24, 2.45) is 10.5 Å². The van der Waals surface area contributed by atoms with Gasteiger partial charge in [-0.3, -0.25) is 15.6 Å². The number of aliphatic carboxylic acids is 1. The number of aromatic nitrogens is 1. The smallest absolute Gasteiger partial charge is 0.481 e. The van der Waals surface area contributed by atoms with Crippen molar-refractivity contribution in [3.05, 3.63) is 40.7 Å². The summed E-state index contributed by atoms with van der Waals surface area (Å²) in [5.41, 5.74) is 1.46. The number of benzene rings is 1. The van der Waals surface area contributed by atoms with Gasteiger partial charge in [-0.1, -0.05) is 25.4 Å². The van der Waals surface area contributed by atoms with E-state index in [0.29, 0.717) is 16.3 Å². The van der Waals surface area contributed by atoms with Gasteiger partial charge in [-0.25, -0.2) is 9.78 Å². The first-order chi connectivity index (χ1) is 16.4. The maximum absolute atomic E-state index is 11.9. The molecule has 2 rings (SSSR count). The summed E-state index contributed by atoms with van der Waals surface area (Å²) in [5.74, 6) is -0.629. The van der Waals surface area contributed by atoms with Crippen LogP contribution >= 0.6 is 11.6 Å². The van der Waals surface area contributed by atoms with Crippen LogP contribution in [0, 0.1) is 22.2 Å². The van der Waals surface area contributed by atoms with Crippen molar-refractivity contribution < 1.29 is 28.6 Å². The van der Waals surface area contributed by atoms with Crippen LogP contribution in [0.4, 0.5) is 4.79 Å². The number of carbonyl (C=O) groups excluding carboxylic acids is 1. The largest absolute Gasteiger partial charge is 0.510 e. The number of carboxylic acids is 1. The molecule has 2 aromatic rings. The summed E-state index contributed by atoms with van der Waals surface area (Å²) in [5, 5.41) is 31.1. The summed E-state index contributed by atoms with van der Waals surface area (Å²) in [4.78, 5) is 27.5. The molecule has 1 heterocycles. The quantitative estimate of drug-likeness (QED) is 0.182. The lowest BCUT2D eigenvalue weighted by molar-refractivity contribution is -0.149. The number of ether oxygens (including phenoxy) is 2. The number of oxazole rings is 1. The van der Waals surface area contributed by atoms with Gasteiger partial charge in [0.05, 0.1) is 5.41 Å². The van der Waals surface area contributed by atoms with E-state index in [9.17, 15) is 14.9 Å². The molecule has 0 radical (unpaired) electrons. The van der Waals surface area contributed by atoms with Gasteiger partial charge in [-0.2, -0.15) is 10.4 Å². The molecule has 1 unspecified atom stereocenters. The number of halogens is 1. The van der Waals surface area contributed by atoms with Gasteiger partial charge >= 0.3 is 12.1 Å². The molecular weight excluding hydrogens is 478 g/mol. The van der Waals surface area contributed by atoms with E-state index in [2.05, 4.69) is 15.5 Å². The van der Waals surface area contributed by atoms with Crippen LogP contribution in [0.1, 0.15) is 52.0 Å². The maximum atomic E-state index is 11.9. The van der Waals surface area contributed by atoms with Gasteiger partial charge in [0.25, 0.3) is 0 Å². The highest BCUT2D eigenvalue weighted by atomic mass is 35.5. The number of nitriles is 1. The fraction of sp³-hybridized carbons (Fsp3) is 0.391. The molecule has 35 heavy (non-hydrogen) atoms. The average molecular weight is 504 g/mol. The Labute approximate surface area is 207 Å².